The SMILES string of the molecule is CCCc1nc(C(CC)CC)sc1CNC(C)C. The highest BCUT2D eigenvalue weighted by molar-refractivity contribution is 7.11. The lowest BCUT2D eigenvalue weighted by Gasteiger charge is -2.07. The van der Waals surface area contributed by atoms with E-state index in [1.165, 1.54) is 34.8 Å². The van der Waals surface area contributed by atoms with Gasteiger partial charge in [-0.3, -0.25) is 0 Å². The van der Waals surface area contributed by atoms with Gasteiger partial charge in [0.25, 0.3) is 0 Å². The van der Waals surface area contributed by atoms with Crippen molar-refractivity contribution in [3.63, 3.8) is 0 Å². The Kier molecular flexibility index (Phi) is 6.87. The molecule has 104 valence electrons. The fourth-order valence-corrected chi connectivity index (χ4v) is 3.41. The first kappa shape index (κ1) is 15.6. The van der Waals surface area contributed by atoms with Crippen molar-refractivity contribution in [1.29, 1.82) is 0 Å². The Bertz CT molecular complexity index is 340. The van der Waals surface area contributed by atoms with Crippen molar-refractivity contribution in [2.45, 2.75) is 78.8 Å². The standard InChI is InChI=1S/C15H28N2S/c1-6-9-13-14(10-16-11(4)5)18-15(17-13)12(7-2)8-3/h11-12,16H,6-10H2,1-5H3. The van der Waals surface area contributed by atoms with Gasteiger partial charge >= 0.3 is 0 Å². The van der Waals surface area contributed by atoms with E-state index in [1.807, 2.05) is 11.3 Å². The molecule has 1 aromatic heterocycles. The van der Waals surface area contributed by atoms with Gasteiger partial charge in [-0.05, 0) is 19.3 Å². The fourth-order valence-electron chi connectivity index (χ4n) is 2.08. The first-order chi connectivity index (χ1) is 8.62. The van der Waals surface area contributed by atoms with E-state index in [2.05, 4.69) is 39.9 Å². The normalized spacial score (nSPS) is 11.7. The maximum atomic E-state index is 4.90. The molecule has 2 nitrogen and oxygen atoms in total. The average Bonchev–Trinajstić information content (AvgIpc) is 2.72. The second-order valence-corrected chi connectivity index (χ2v) is 6.34. The molecule has 0 aliphatic heterocycles. The zero-order valence-corrected chi connectivity index (χ0v) is 13.4. The van der Waals surface area contributed by atoms with Crippen LogP contribution in [0, 0.1) is 0 Å². The maximum Gasteiger partial charge on any atom is 0.0962 e. The van der Waals surface area contributed by atoms with Crippen molar-refractivity contribution < 1.29 is 0 Å². The molecule has 0 unspecified atom stereocenters. The quantitative estimate of drug-likeness (QED) is 0.751. The lowest BCUT2D eigenvalue weighted by atomic mass is 10.1. The number of nitrogens with zero attached hydrogens (tertiary/aromatic N) is 1. The molecule has 3 heteroatoms. The third kappa shape index (κ3) is 4.36. The zero-order valence-electron chi connectivity index (χ0n) is 12.5. The molecule has 1 heterocycles. The third-order valence-electron chi connectivity index (χ3n) is 3.29. The van der Waals surface area contributed by atoms with Crippen LogP contribution in [0.3, 0.4) is 0 Å². The smallest absolute Gasteiger partial charge is 0.0962 e. The van der Waals surface area contributed by atoms with Crippen LogP contribution in [0.5, 0.6) is 0 Å². The number of thiazole rings is 1. The molecule has 0 saturated heterocycles. The Morgan fingerprint density at radius 2 is 1.83 bits per heavy atom. The van der Waals surface area contributed by atoms with E-state index in [-0.39, 0.29) is 0 Å². The summed E-state index contributed by atoms with van der Waals surface area (Å²) in [6.07, 6.45) is 4.70. The Morgan fingerprint density at radius 1 is 1.17 bits per heavy atom. The molecule has 0 saturated carbocycles. The van der Waals surface area contributed by atoms with E-state index in [0.29, 0.717) is 12.0 Å². The van der Waals surface area contributed by atoms with Gasteiger partial charge in [-0.1, -0.05) is 41.0 Å². The van der Waals surface area contributed by atoms with Crippen LogP contribution in [0.2, 0.25) is 0 Å². The second kappa shape index (κ2) is 7.90. The van der Waals surface area contributed by atoms with Crippen LogP contribution in [0.1, 0.15) is 75.4 Å². The number of aryl methyl sites for hydroxylation is 1. The summed E-state index contributed by atoms with van der Waals surface area (Å²) in [4.78, 5) is 6.35. The van der Waals surface area contributed by atoms with Crippen LogP contribution in [0.25, 0.3) is 0 Å². The van der Waals surface area contributed by atoms with Crippen LogP contribution in [-0.4, -0.2) is 11.0 Å². The molecule has 1 aromatic rings. The van der Waals surface area contributed by atoms with Crippen molar-refractivity contribution in [3.8, 4) is 0 Å². The minimum atomic E-state index is 0.540. The summed E-state index contributed by atoms with van der Waals surface area (Å²) in [5.74, 6) is 0.651. The summed E-state index contributed by atoms with van der Waals surface area (Å²) in [6.45, 7) is 12.1. The summed E-state index contributed by atoms with van der Waals surface area (Å²) >= 11 is 1.93. The van der Waals surface area contributed by atoms with Gasteiger partial charge in [0.1, 0.15) is 0 Å². The number of hydrogen-bond acceptors (Lipinski definition) is 3. The molecule has 0 amide bonds. The predicted octanol–water partition coefficient (Wildman–Crippen LogP) is 4.50. The molecule has 0 atom stereocenters. The van der Waals surface area contributed by atoms with Gasteiger partial charge in [-0.15, -0.1) is 11.3 Å². The van der Waals surface area contributed by atoms with Crippen LogP contribution < -0.4 is 5.32 Å². The summed E-state index contributed by atoms with van der Waals surface area (Å²) in [6, 6.07) is 0.540. The van der Waals surface area contributed by atoms with Crippen LogP contribution >= 0.6 is 11.3 Å². The van der Waals surface area contributed by atoms with E-state index in [9.17, 15) is 0 Å². The molecular formula is C15H28N2S. The highest BCUT2D eigenvalue weighted by Crippen LogP contribution is 2.30. The summed E-state index contributed by atoms with van der Waals surface area (Å²) in [5.41, 5.74) is 1.33. The minimum absolute atomic E-state index is 0.540. The lowest BCUT2D eigenvalue weighted by Crippen LogP contribution is -2.21. The fraction of sp³-hybridized carbons (Fsp3) is 0.800. The number of hydrogen-bond donors (Lipinski definition) is 1. The van der Waals surface area contributed by atoms with Crippen LogP contribution in [-0.2, 0) is 13.0 Å². The van der Waals surface area contributed by atoms with E-state index in [1.54, 1.807) is 0 Å². The van der Waals surface area contributed by atoms with Gasteiger partial charge in [0.05, 0.1) is 10.7 Å². The van der Waals surface area contributed by atoms with Crippen LogP contribution in [0.4, 0.5) is 0 Å². The Hall–Kier alpha value is -0.410. The Labute approximate surface area is 116 Å². The molecular weight excluding hydrogens is 240 g/mol. The van der Waals surface area contributed by atoms with Gasteiger partial charge in [-0.25, -0.2) is 4.98 Å². The Balaban J connectivity index is 2.85. The Morgan fingerprint density at radius 3 is 2.33 bits per heavy atom. The summed E-state index contributed by atoms with van der Waals surface area (Å²) in [7, 11) is 0. The molecule has 0 aliphatic carbocycles. The van der Waals surface area contributed by atoms with Crippen LogP contribution in [0.15, 0.2) is 0 Å². The minimum Gasteiger partial charge on any atom is -0.310 e. The molecule has 1 N–H and O–H groups in total. The van der Waals surface area contributed by atoms with Gasteiger partial charge in [-0.2, -0.15) is 0 Å². The van der Waals surface area contributed by atoms with Crippen molar-refractivity contribution in [1.82, 2.24) is 10.3 Å². The monoisotopic (exact) mass is 268 g/mol. The first-order valence-electron chi connectivity index (χ1n) is 7.34. The molecule has 0 radical (unpaired) electrons. The molecule has 0 bridgehead atoms. The first-order valence-corrected chi connectivity index (χ1v) is 8.15. The van der Waals surface area contributed by atoms with Crippen molar-refractivity contribution in [3.05, 3.63) is 15.6 Å². The average molecular weight is 268 g/mol. The van der Waals surface area contributed by atoms with Gasteiger partial charge < -0.3 is 5.32 Å². The van der Waals surface area contributed by atoms with Gasteiger partial charge in [0, 0.05) is 23.4 Å². The topological polar surface area (TPSA) is 24.9 Å². The van der Waals surface area contributed by atoms with E-state index in [4.69, 9.17) is 4.98 Å². The van der Waals surface area contributed by atoms with Crippen molar-refractivity contribution in [2.75, 3.05) is 0 Å². The predicted molar refractivity (Wildman–Crippen MR) is 81.4 cm³/mol. The molecule has 0 fully saturated rings. The van der Waals surface area contributed by atoms with Gasteiger partial charge in [0.15, 0.2) is 0 Å². The van der Waals surface area contributed by atoms with E-state index < -0.39 is 0 Å². The van der Waals surface area contributed by atoms with E-state index >= 15 is 0 Å². The highest BCUT2D eigenvalue weighted by Gasteiger charge is 2.16. The number of nitrogens with one attached hydrogen (secondary N) is 1. The summed E-state index contributed by atoms with van der Waals surface area (Å²) < 4.78 is 0. The number of aromatic nitrogens is 1. The molecule has 18 heavy (non-hydrogen) atoms. The van der Waals surface area contributed by atoms with E-state index in [0.717, 1.165) is 13.0 Å². The maximum absolute atomic E-state index is 4.90. The van der Waals surface area contributed by atoms with Gasteiger partial charge in [0.2, 0.25) is 0 Å². The lowest BCUT2D eigenvalue weighted by molar-refractivity contribution is 0.589. The highest BCUT2D eigenvalue weighted by atomic mass is 32.1. The third-order valence-corrected chi connectivity index (χ3v) is 4.55. The largest absolute Gasteiger partial charge is 0.310 e. The summed E-state index contributed by atoms with van der Waals surface area (Å²) in [5, 5.41) is 4.87. The zero-order chi connectivity index (χ0) is 13.5. The second-order valence-electron chi connectivity index (χ2n) is 5.22. The molecule has 1 rings (SSSR count). The molecule has 0 aliphatic rings. The molecule has 0 spiro atoms. The number of rotatable bonds is 8. The van der Waals surface area contributed by atoms with Crippen molar-refractivity contribution in [2.24, 2.45) is 0 Å². The molecule has 0 aromatic carbocycles. The van der Waals surface area contributed by atoms with Crippen molar-refractivity contribution >= 4 is 11.3 Å².